The Bertz CT molecular complexity index is 751. The van der Waals surface area contributed by atoms with Gasteiger partial charge in [-0.2, -0.15) is 0 Å². The number of aromatic nitrogens is 3. The average molecular weight is 367 g/mol. The minimum Gasteiger partial charge on any atom is -0.353 e. The lowest BCUT2D eigenvalue weighted by molar-refractivity contribution is 0.0746. The molecule has 4 heterocycles. The van der Waals surface area contributed by atoms with Crippen molar-refractivity contribution >= 4 is 17.5 Å². The lowest BCUT2D eigenvalue weighted by atomic mass is 10.2. The molecule has 0 radical (unpaired) electrons. The van der Waals surface area contributed by atoms with Gasteiger partial charge in [0.1, 0.15) is 0 Å². The molecule has 8 heteroatoms. The lowest BCUT2D eigenvalue weighted by Gasteiger charge is -2.35. The zero-order chi connectivity index (χ0) is 18.6. The molecule has 2 aromatic heterocycles. The van der Waals surface area contributed by atoms with Crippen molar-refractivity contribution in [1.29, 1.82) is 0 Å². The summed E-state index contributed by atoms with van der Waals surface area (Å²) < 4.78 is 0. The van der Waals surface area contributed by atoms with Crippen LogP contribution in [0.1, 0.15) is 10.4 Å². The van der Waals surface area contributed by atoms with Crippen molar-refractivity contribution in [3.8, 4) is 0 Å². The standard InChI is InChI=1S/C19H25N7O/c1-23-7-9-24(10-8-23)17-4-5-18(22-21-17)25-11-13-26(14-12-25)19(27)16-3-2-6-20-15-16/h2-6,15H,7-14H2,1H3. The van der Waals surface area contributed by atoms with Gasteiger partial charge >= 0.3 is 0 Å². The van der Waals surface area contributed by atoms with Crippen LogP contribution in [0.15, 0.2) is 36.7 Å². The monoisotopic (exact) mass is 367 g/mol. The molecular weight excluding hydrogens is 342 g/mol. The second-order valence-electron chi connectivity index (χ2n) is 7.06. The van der Waals surface area contributed by atoms with E-state index < -0.39 is 0 Å². The second kappa shape index (κ2) is 7.87. The molecular formula is C19H25N7O. The van der Waals surface area contributed by atoms with Crippen LogP contribution in [0, 0.1) is 0 Å². The minimum absolute atomic E-state index is 0.0410. The van der Waals surface area contributed by atoms with E-state index in [-0.39, 0.29) is 5.91 Å². The Kier molecular flexibility index (Phi) is 5.15. The summed E-state index contributed by atoms with van der Waals surface area (Å²) in [5.41, 5.74) is 0.641. The number of carbonyl (C=O) groups excluding carboxylic acids is 1. The van der Waals surface area contributed by atoms with Gasteiger partial charge in [-0.1, -0.05) is 0 Å². The summed E-state index contributed by atoms with van der Waals surface area (Å²) in [7, 11) is 2.14. The second-order valence-corrected chi connectivity index (χ2v) is 7.06. The molecule has 0 atom stereocenters. The predicted octanol–water partition coefficient (Wildman–Crippen LogP) is 0.586. The van der Waals surface area contributed by atoms with E-state index >= 15 is 0 Å². The summed E-state index contributed by atoms with van der Waals surface area (Å²) in [6.07, 6.45) is 3.30. The Labute approximate surface area is 159 Å². The molecule has 8 nitrogen and oxygen atoms in total. The van der Waals surface area contributed by atoms with Crippen LogP contribution in [-0.2, 0) is 0 Å². The number of anilines is 2. The minimum atomic E-state index is 0.0410. The van der Waals surface area contributed by atoms with E-state index in [1.165, 1.54) is 0 Å². The van der Waals surface area contributed by atoms with E-state index in [9.17, 15) is 4.79 Å². The molecule has 0 spiro atoms. The number of carbonyl (C=O) groups is 1. The third-order valence-electron chi connectivity index (χ3n) is 5.26. The quantitative estimate of drug-likeness (QED) is 0.786. The third-order valence-corrected chi connectivity index (χ3v) is 5.26. The van der Waals surface area contributed by atoms with Gasteiger partial charge in [-0.3, -0.25) is 9.78 Å². The highest BCUT2D eigenvalue weighted by molar-refractivity contribution is 5.94. The van der Waals surface area contributed by atoms with Gasteiger partial charge in [0.15, 0.2) is 11.6 Å². The van der Waals surface area contributed by atoms with Crippen molar-refractivity contribution in [1.82, 2.24) is 25.0 Å². The van der Waals surface area contributed by atoms with E-state index in [1.807, 2.05) is 17.0 Å². The van der Waals surface area contributed by atoms with E-state index in [4.69, 9.17) is 0 Å². The Morgan fingerprint density at radius 3 is 1.96 bits per heavy atom. The number of likely N-dealkylation sites (N-methyl/N-ethyl adjacent to an activating group) is 1. The van der Waals surface area contributed by atoms with Crippen LogP contribution in [0.25, 0.3) is 0 Å². The number of hydrogen-bond donors (Lipinski definition) is 0. The maximum atomic E-state index is 12.5. The highest BCUT2D eigenvalue weighted by atomic mass is 16.2. The van der Waals surface area contributed by atoms with Gasteiger partial charge in [0.05, 0.1) is 5.56 Å². The fraction of sp³-hybridized carbons (Fsp3) is 0.474. The Hall–Kier alpha value is -2.74. The van der Waals surface area contributed by atoms with Gasteiger partial charge in [-0.25, -0.2) is 0 Å². The SMILES string of the molecule is CN1CCN(c2ccc(N3CCN(C(=O)c4cccnc4)CC3)nn2)CC1. The smallest absolute Gasteiger partial charge is 0.255 e. The van der Waals surface area contributed by atoms with Gasteiger partial charge in [0.2, 0.25) is 0 Å². The summed E-state index contributed by atoms with van der Waals surface area (Å²) in [5.74, 6) is 1.86. The van der Waals surface area contributed by atoms with Crippen LogP contribution < -0.4 is 9.80 Å². The first-order valence-corrected chi connectivity index (χ1v) is 9.42. The van der Waals surface area contributed by atoms with Gasteiger partial charge < -0.3 is 19.6 Å². The molecule has 2 aliphatic heterocycles. The largest absolute Gasteiger partial charge is 0.353 e. The van der Waals surface area contributed by atoms with Crippen molar-refractivity contribution in [2.24, 2.45) is 0 Å². The maximum absolute atomic E-state index is 12.5. The highest BCUT2D eigenvalue weighted by Crippen LogP contribution is 2.18. The molecule has 0 unspecified atom stereocenters. The summed E-state index contributed by atoms with van der Waals surface area (Å²) in [5, 5.41) is 8.86. The predicted molar refractivity (Wildman–Crippen MR) is 104 cm³/mol. The molecule has 2 aromatic rings. The highest BCUT2D eigenvalue weighted by Gasteiger charge is 2.23. The molecule has 0 N–H and O–H groups in total. The van der Waals surface area contributed by atoms with Crippen LogP contribution in [0.3, 0.4) is 0 Å². The van der Waals surface area contributed by atoms with Crippen LogP contribution in [0.5, 0.6) is 0 Å². The average Bonchev–Trinajstić information content (AvgIpc) is 2.75. The summed E-state index contributed by atoms with van der Waals surface area (Å²) >= 11 is 0. The summed E-state index contributed by atoms with van der Waals surface area (Å²) in [6, 6.07) is 7.70. The molecule has 0 saturated carbocycles. The van der Waals surface area contributed by atoms with Gasteiger partial charge in [-0.15, -0.1) is 10.2 Å². The van der Waals surface area contributed by atoms with Gasteiger partial charge in [0.25, 0.3) is 5.91 Å². The topological polar surface area (TPSA) is 68.7 Å². The van der Waals surface area contributed by atoms with Crippen molar-refractivity contribution in [2.75, 3.05) is 69.2 Å². The molecule has 0 aliphatic carbocycles. The van der Waals surface area contributed by atoms with E-state index in [0.717, 1.165) is 50.9 Å². The van der Waals surface area contributed by atoms with E-state index in [1.54, 1.807) is 18.5 Å². The van der Waals surface area contributed by atoms with Crippen LogP contribution in [-0.4, -0.2) is 90.3 Å². The Morgan fingerprint density at radius 1 is 0.852 bits per heavy atom. The van der Waals surface area contributed by atoms with E-state index in [0.29, 0.717) is 18.7 Å². The number of amides is 1. The molecule has 0 aromatic carbocycles. The number of pyridine rings is 1. The first-order valence-electron chi connectivity index (χ1n) is 9.42. The number of rotatable bonds is 3. The first-order chi connectivity index (χ1) is 13.2. The van der Waals surface area contributed by atoms with Crippen molar-refractivity contribution < 1.29 is 4.79 Å². The van der Waals surface area contributed by atoms with Crippen molar-refractivity contribution in [3.63, 3.8) is 0 Å². The van der Waals surface area contributed by atoms with Gasteiger partial charge in [-0.05, 0) is 31.3 Å². The Balaban J connectivity index is 1.34. The molecule has 142 valence electrons. The fourth-order valence-corrected chi connectivity index (χ4v) is 3.50. The lowest BCUT2D eigenvalue weighted by Crippen LogP contribution is -2.49. The zero-order valence-corrected chi connectivity index (χ0v) is 15.7. The fourth-order valence-electron chi connectivity index (χ4n) is 3.50. The molecule has 2 fully saturated rings. The van der Waals surface area contributed by atoms with Crippen molar-refractivity contribution in [2.45, 2.75) is 0 Å². The summed E-state index contributed by atoms with van der Waals surface area (Å²) in [4.78, 5) is 25.2. The van der Waals surface area contributed by atoms with Crippen LogP contribution >= 0.6 is 0 Å². The third kappa shape index (κ3) is 4.00. The van der Waals surface area contributed by atoms with Crippen molar-refractivity contribution in [3.05, 3.63) is 42.2 Å². The van der Waals surface area contributed by atoms with E-state index in [2.05, 4.69) is 43.0 Å². The molecule has 2 aliphatic rings. The van der Waals surface area contributed by atoms with Crippen LogP contribution in [0.2, 0.25) is 0 Å². The zero-order valence-electron chi connectivity index (χ0n) is 15.7. The Morgan fingerprint density at radius 2 is 1.44 bits per heavy atom. The molecule has 1 amide bonds. The number of nitrogens with zero attached hydrogens (tertiary/aromatic N) is 7. The normalized spacial score (nSPS) is 18.6. The number of hydrogen-bond acceptors (Lipinski definition) is 7. The number of piperazine rings is 2. The first kappa shape index (κ1) is 17.7. The maximum Gasteiger partial charge on any atom is 0.255 e. The molecule has 4 rings (SSSR count). The molecule has 27 heavy (non-hydrogen) atoms. The summed E-state index contributed by atoms with van der Waals surface area (Å²) in [6.45, 7) is 6.94. The van der Waals surface area contributed by atoms with Gasteiger partial charge in [0, 0.05) is 64.8 Å². The molecule has 2 saturated heterocycles. The van der Waals surface area contributed by atoms with Crippen LogP contribution in [0.4, 0.5) is 11.6 Å². The molecule has 0 bridgehead atoms.